The summed E-state index contributed by atoms with van der Waals surface area (Å²) < 4.78 is 0. The van der Waals surface area contributed by atoms with Gasteiger partial charge in [-0.3, -0.25) is 0 Å². The van der Waals surface area contributed by atoms with Gasteiger partial charge < -0.3 is 0 Å². The van der Waals surface area contributed by atoms with E-state index in [4.69, 9.17) is 0 Å². The van der Waals surface area contributed by atoms with Crippen LogP contribution in [0.15, 0.2) is 11.4 Å². The lowest BCUT2D eigenvalue weighted by molar-refractivity contribution is 0.719. The zero-order valence-electron chi connectivity index (χ0n) is 13.0. The van der Waals surface area contributed by atoms with E-state index in [1.54, 1.807) is 10.2 Å². The SMILES string of the molecule is CC(C)CP(CC(C)C)c1ccsc1C1CCCC1. The molecule has 0 radical (unpaired) electrons. The van der Waals surface area contributed by atoms with Gasteiger partial charge >= 0.3 is 0 Å². The highest BCUT2D eigenvalue weighted by Gasteiger charge is 2.25. The van der Waals surface area contributed by atoms with Gasteiger partial charge in [0, 0.05) is 4.88 Å². The predicted octanol–water partition coefficient (Wildman–Crippen LogP) is 5.82. The molecule has 0 amide bonds. The molecule has 0 nitrogen and oxygen atoms in total. The standard InChI is InChI=1S/C17H29PS/c1-13(2)11-18(12-14(3)4)16-9-10-19-17(16)15-7-5-6-8-15/h9-10,13-15H,5-8,11-12H2,1-4H3. The van der Waals surface area contributed by atoms with Gasteiger partial charge in [0.15, 0.2) is 0 Å². The summed E-state index contributed by atoms with van der Waals surface area (Å²) in [6.07, 6.45) is 8.64. The van der Waals surface area contributed by atoms with Crippen LogP contribution in [0.3, 0.4) is 0 Å². The third-order valence-corrected chi connectivity index (χ3v) is 8.56. The minimum Gasteiger partial charge on any atom is -0.148 e. The highest BCUT2D eigenvalue weighted by atomic mass is 32.1. The van der Waals surface area contributed by atoms with Gasteiger partial charge in [-0.25, -0.2) is 0 Å². The van der Waals surface area contributed by atoms with Gasteiger partial charge in [0.05, 0.1) is 0 Å². The predicted molar refractivity (Wildman–Crippen MR) is 91.5 cm³/mol. The molecule has 0 aliphatic heterocycles. The van der Waals surface area contributed by atoms with Crippen LogP contribution in [0.2, 0.25) is 0 Å². The monoisotopic (exact) mass is 296 g/mol. The summed E-state index contributed by atoms with van der Waals surface area (Å²) in [6, 6.07) is 2.47. The second-order valence-electron chi connectivity index (χ2n) is 6.84. The Bertz CT molecular complexity index is 364. The van der Waals surface area contributed by atoms with Crippen LogP contribution in [0.1, 0.15) is 64.2 Å². The Morgan fingerprint density at radius 2 is 1.68 bits per heavy atom. The van der Waals surface area contributed by atoms with E-state index in [0.717, 1.165) is 17.8 Å². The maximum atomic E-state index is 2.47. The molecule has 1 fully saturated rings. The van der Waals surface area contributed by atoms with Crippen molar-refractivity contribution in [2.75, 3.05) is 12.3 Å². The summed E-state index contributed by atoms with van der Waals surface area (Å²) in [5.74, 6) is 2.57. The first kappa shape index (κ1) is 15.5. The third kappa shape index (κ3) is 4.30. The largest absolute Gasteiger partial charge is 0.148 e. The van der Waals surface area contributed by atoms with Crippen LogP contribution in [-0.4, -0.2) is 12.3 Å². The fourth-order valence-electron chi connectivity index (χ4n) is 3.22. The summed E-state index contributed by atoms with van der Waals surface area (Å²) in [7, 11) is 0.0759. The van der Waals surface area contributed by atoms with Crippen LogP contribution in [0, 0.1) is 11.8 Å². The number of thiophene rings is 1. The molecule has 1 aliphatic rings. The Labute approximate surface area is 124 Å². The fourth-order valence-corrected chi connectivity index (χ4v) is 7.92. The fraction of sp³-hybridized carbons (Fsp3) is 0.765. The second-order valence-corrected chi connectivity index (χ2v) is 10.1. The van der Waals surface area contributed by atoms with Crippen molar-refractivity contribution in [3.05, 3.63) is 16.3 Å². The highest BCUT2D eigenvalue weighted by molar-refractivity contribution is 7.66. The van der Waals surface area contributed by atoms with Crippen molar-refractivity contribution in [2.24, 2.45) is 11.8 Å². The zero-order chi connectivity index (χ0) is 13.8. The molecule has 2 heteroatoms. The molecule has 108 valence electrons. The van der Waals surface area contributed by atoms with E-state index < -0.39 is 0 Å². The van der Waals surface area contributed by atoms with E-state index >= 15 is 0 Å². The molecule has 1 heterocycles. The quantitative estimate of drug-likeness (QED) is 0.580. The molecule has 0 N–H and O–H groups in total. The first-order valence-corrected chi connectivity index (χ1v) is 10.5. The molecule has 1 aliphatic carbocycles. The lowest BCUT2D eigenvalue weighted by Crippen LogP contribution is -2.15. The Morgan fingerprint density at radius 3 is 2.21 bits per heavy atom. The van der Waals surface area contributed by atoms with Crippen molar-refractivity contribution in [1.82, 2.24) is 0 Å². The molecule has 0 aromatic carbocycles. The van der Waals surface area contributed by atoms with Crippen LogP contribution in [0.4, 0.5) is 0 Å². The van der Waals surface area contributed by atoms with E-state index in [9.17, 15) is 0 Å². The third-order valence-electron chi connectivity index (χ3n) is 3.91. The summed E-state index contributed by atoms with van der Waals surface area (Å²) in [4.78, 5) is 1.77. The van der Waals surface area contributed by atoms with E-state index in [1.807, 2.05) is 11.3 Å². The number of hydrogen-bond donors (Lipinski definition) is 0. The normalized spacial score (nSPS) is 17.2. The average molecular weight is 296 g/mol. The van der Waals surface area contributed by atoms with Crippen molar-refractivity contribution in [2.45, 2.75) is 59.3 Å². The smallest absolute Gasteiger partial charge is 0.0153 e. The van der Waals surface area contributed by atoms with Crippen molar-refractivity contribution in [3.63, 3.8) is 0 Å². The molecular weight excluding hydrogens is 267 g/mol. The van der Waals surface area contributed by atoms with Gasteiger partial charge in [-0.2, -0.15) is 0 Å². The van der Waals surface area contributed by atoms with Crippen LogP contribution in [0.5, 0.6) is 0 Å². The molecule has 0 saturated heterocycles. The van der Waals surface area contributed by atoms with E-state index in [1.165, 1.54) is 38.0 Å². The zero-order valence-corrected chi connectivity index (χ0v) is 14.7. The molecule has 1 aromatic heterocycles. The second kappa shape index (κ2) is 7.23. The van der Waals surface area contributed by atoms with E-state index in [2.05, 4.69) is 39.1 Å². The molecule has 1 aromatic rings. The minimum absolute atomic E-state index is 0.0759. The summed E-state index contributed by atoms with van der Waals surface area (Å²) in [6.45, 7) is 9.54. The molecule has 2 rings (SSSR count). The van der Waals surface area contributed by atoms with Gasteiger partial charge in [-0.1, -0.05) is 48.5 Å². The molecular formula is C17H29PS. The lowest BCUT2D eigenvalue weighted by atomic mass is 10.1. The van der Waals surface area contributed by atoms with E-state index in [-0.39, 0.29) is 7.92 Å². The van der Waals surface area contributed by atoms with Gasteiger partial charge in [0.1, 0.15) is 0 Å². The topological polar surface area (TPSA) is 0 Å². The summed E-state index contributed by atoms with van der Waals surface area (Å²) >= 11 is 2.05. The van der Waals surface area contributed by atoms with Crippen molar-refractivity contribution in [3.8, 4) is 0 Å². The van der Waals surface area contributed by atoms with Crippen LogP contribution in [-0.2, 0) is 0 Å². The van der Waals surface area contributed by atoms with Crippen LogP contribution < -0.4 is 5.30 Å². The summed E-state index contributed by atoms with van der Waals surface area (Å²) in [5, 5.41) is 4.13. The van der Waals surface area contributed by atoms with Crippen molar-refractivity contribution < 1.29 is 0 Å². The Balaban J connectivity index is 2.17. The number of rotatable bonds is 6. The average Bonchev–Trinajstić information content (AvgIpc) is 2.97. The number of hydrogen-bond acceptors (Lipinski definition) is 1. The summed E-state index contributed by atoms with van der Waals surface area (Å²) in [5.41, 5.74) is 0. The maximum Gasteiger partial charge on any atom is 0.0153 e. The first-order chi connectivity index (χ1) is 9.08. The van der Waals surface area contributed by atoms with Crippen molar-refractivity contribution in [1.29, 1.82) is 0 Å². The molecule has 0 unspecified atom stereocenters. The first-order valence-electron chi connectivity index (χ1n) is 7.90. The van der Waals surface area contributed by atoms with Gasteiger partial charge in [-0.05, 0) is 59.7 Å². The van der Waals surface area contributed by atoms with Crippen LogP contribution in [0.25, 0.3) is 0 Å². The van der Waals surface area contributed by atoms with Gasteiger partial charge in [0.25, 0.3) is 0 Å². The molecule has 0 bridgehead atoms. The molecule has 19 heavy (non-hydrogen) atoms. The lowest BCUT2D eigenvalue weighted by Gasteiger charge is -2.24. The molecule has 1 saturated carbocycles. The molecule has 0 spiro atoms. The van der Waals surface area contributed by atoms with Crippen LogP contribution >= 0.6 is 19.3 Å². The van der Waals surface area contributed by atoms with E-state index in [0.29, 0.717) is 0 Å². The molecule has 0 atom stereocenters. The van der Waals surface area contributed by atoms with Crippen molar-refractivity contribution >= 4 is 24.6 Å². The minimum atomic E-state index is 0.0759. The Hall–Kier alpha value is 0.130. The Kier molecular flexibility index (Phi) is 5.90. The van der Waals surface area contributed by atoms with Gasteiger partial charge in [0.2, 0.25) is 0 Å². The highest BCUT2D eigenvalue weighted by Crippen LogP contribution is 2.45. The van der Waals surface area contributed by atoms with Gasteiger partial charge in [-0.15, -0.1) is 11.3 Å². The maximum absolute atomic E-state index is 2.47. The Morgan fingerprint density at radius 1 is 1.11 bits per heavy atom.